The summed E-state index contributed by atoms with van der Waals surface area (Å²) >= 11 is 0. The van der Waals surface area contributed by atoms with Crippen LogP contribution in [0.2, 0.25) is 0 Å². The second-order valence-corrected chi connectivity index (χ2v) is 5.33. The van der Waals surface area contributed by atoms with Gasteiger partial charge in [-0.15, -0.1) is 0 Å². The van der Waals surface area contributed by atoms with Crippen LogP contribution in [0.4, 0.5) is 0 Å². The highest BCUT2D eigenvalue weighted by Crippen LogP contribution is 2.57. The quantitative estimate of drug-likeness (QED) is 0.516. The van der Waals surface area contributed by atoms with Gasteiger partial charge in [-0.1, -0.05) is 6.58 Å². The van der Waals surface area contributed by atoms with Crippen molar-refractivity contribution in [2.24, 2.45) is 11.3 Å². The monoisotopic (exact) mass is 208 g/mol. The van der Waals surface area contributed by atoms with Gasteiger partial charge in [0.15, 0.2) is 0 Å². The van der Waals surface area contributed by atoms with E-state index in [-0.39, 0.29) is 12.1 Å². The molecule has 15 heavy (non-hydrogen) atoms. The zero-order valence-corrected chi connectivity index (χ0v) is 8.83. The Bertz CT molecular complexity index is 313. The van der Waals surface area contributed by atoms with Gasteiger partial charge in [0.05, 0.1) is 5.57 Å². The third-order valence-corrected chi connectivity index (χ3v) is 4.40. The second kappa shape index (κ2) is 3.08. The van der Waals surface area contributed by atoms with Crippen molar-refractivity contribution in [2.75, 3.05) is 0 Å². The highest BCUT2D eigenvalue weighted by atomic mass is 17.2. The molecule has 0 amide bonds. The molecule has 0 aromatic rings. The smallest absolute Gasteiger partial charge is 0.292 e. The van der Waals surface area contributed by atoms with Gasteiger partial charge in [0.25, 0.3) is 0 Å². The summed E-state index contributed by atoms with van der Waals surface area (Å²) in [5, 5.41) is 0. The van der Waals surface area contributed by atoms with E-state index in [0.717, 1.165) is 12.3 Å². The van der Waals surface area contributed by atoms with E-state index < -0.39 is 0 Å². The fraction of sp³-hybridized carbons (Fsp3) is 0.750. The maximum atomic E-state index is 11.1. The molecule has 0 N–H and O–H groups in total. The van der Waals surface area contributed by atoms with Gasteiger partial charge in [-0.3, -0.25) is 4.89 Å². The molecule has 1 heterocycles. The van der Waals surface area contributed by atoms with Gasteiger partial charge < -0.3 is 0 Å². The molecular formula is C12H16O3. The van der Waals surface area contributed by atoms with E-state index in [1.165, 1.54) is 32.1 Å². The van der Waals surface area contributed by atoms with E-state index in [2.05, 4.69) is 11.5 Å². The zero-order valence-electron chi connectivity index (χ0n) is 8.83. The lowest BCUT2D eigenvalue weighted by molar-refractivity contribution is -0.264. The Hall–Kier alpha value is -0.830. The van der Waals surface area contributed by atoms with Crippen LogP contribution in [0.3, 0.4) is 0 Å². The predicted molar refractivity (Wildman–Crippen MR) is 53.7 cm³/mol. The predicted octanol–water partition coefficient (Wildman–Crippen LogP) is 2.37. The molecule has 0 aromatic carbocycles. The first-order chi connectivity index (χ1) is 7.19. The van der Waals surface area contributed by atoms with E-state index in [1.807, 2.05) is 0 Å². The van der Waals surface area contributed by atoms with E-state index in [9.17, 15) is 4.79 Å². The molecule has 3 heteroatoms. The number of carbonyl (C=O) groups excluding carboxylic acids is 1. The molecule has 1 aliphatic heterocycles. The molecule has 82 valence electrons. The zero-order chi connectivity index (χ0) is 10.5. The molecule has 3 aliphatic rings. The highest BCUT2D eigenvalue weighted by molar-refractivity contribution is 5.89. The summed E-state index contributed by atoms with van der Waals surface area (Å²) in [7, 11) is 0. The second-order valence-electron chi connectivity index (χ2n) is 5.33. The average molecular weight is 208 g/mol. The van der Waals surface area contributed by atoms with E-state index >= 15 is 0 Å². The molecule has 3 fully saturated rings. The molecule has 3 rings (SSSR count). The van der Waals surface area contributed by atoms with Gasteiger partial charge >= 0.3 is 5.97 Å². The lowest BCUT2D eigenvalue weighted by Crippen LogP contribution is -2.23. The third kappa shape index (κ3) is 1.41. The number of hydrogen-bond acceptors (Lipinski definition) is 3. The van der Waals surface area contributed by atoms with Crippen molar-refractivity contribution in [2.45, 2.75) is 44.6 Å². The fourth-order valence-electron chi connectivity index (χ4n) is 3.49. The third-order valence-electron chi connectivity index (χ3n) is 4.40. The topological polar surface area (TPSA) is 35.5 Å². The molecule has 1 atom stereocenters. The average Bonchev–Trinajstić information content (AvgIpc) is 2.89. The van der Waals surface area contributed by atoms with Crippen LogP contribution in [0.15, 0.2) is 12.2 Å². The number of carbonyl (C=O) groups is 1. The molecule has 3 nitrogen and oxygen atoms in total. The minimum atomic E-state index is -0.385. The lowest BCUT2D eigenvalue weighted by atomic mass is 9.78. The van der Waals surface area contributed by atoms with Gasteiger partial charge in [-0.25, -0.2) is 4.79 Å². The van der Waals surface area contributed by atoms with Gasteiger partial charge in [-0.05, 0) is 49.9 Å². The molecule has 1 saturated heterocycles. The van der Waals surface area contributed by atoms with E-state index in [4.69, 9.17) is 4.89 Å². The van der Waals surface area contributed by atoms with Crippen molar-refractivity contribution < 1.29 is 14.6 Å². The van der Waals surface area contributed by atoms with Gasteiger partial charge in [-0.2, -0.15) is 4.89 Å². The first-order valence-electron chi connectivity index (χ1n) is 5.75. The van der Waals surface area contributed by atoms with Crippen LogP contribution >= 0.6 is 0 Å². The lowest BCUT2D eigenvalue weighted by Gasteiger charge is -2.27. The number of rotatable bonds is 2. The maximum absolute atomic E-state index is 11.1. The molecule has 0 spiro atoms. The summed E-state index contributed by atoms with van der Waals surface area (Å²) < 4.78 is 0. The van der Waals surface area contributed by atoms with Crippen LogP contribution in [0, 0.1) is 11.3 Å². The van der Waals surface area contributed by atoms with Crippen LogP contribution in [0.1, 0.15) is 38.5 Å². The molecule has 2 bridgehead atoms. The summed E-state index contributed by atoms with van der Waals surface area (Å²) in [6.45, 7) is 3.74. The van der Waals surface area contributed by atoms with Crippen LogP contribution < -0.4 is 0 Å². The SMILES string of the molecule is C=C1C(=O)OOC1CC12CCC(CC1)C2. The Kier molecular flexibility index (Phi) is 1.93. The van der Waals surface area contributed by atoms with E-state index in [1.54, 1.807) is 0 Å². The molecule has 1 unspecified atom stereocenters. The molecule has 2 aliphatic carbocycles. The molecule has 0 aromatic heterocycles. The van der Waals surface area contributed by atoms with Crippen molar-refractivity contribution in [1.82, 2.24) is 0 Å². The largest absolute Gasteiger partial charge is 0.371 e. The minimum absolute atomic E-state index is 0.186. The highest BCUT2D eigenvalue weighted by Gasteiger charge is 2.48. The molecular weight excluding hydrogens is 192 g/mol. The molecule has 2 saturated carbocycles. The summed E-state index contributed by atoms with van der Waals surface area (Å²) in [4.78, 5) is 20.7. The van der Waals surface area contributed by atoms with Gasteiger partial charge in [0, 0.05) is 0 Å². The van der Waals surface area contributed by atoms with Crippen LogP contribution in [-0.2, 0) is 14.6 Å². The summed E-state index contributed by atoms with van der Waals surface area (Å²) in [5.74, 6) is 0.542. The van der Waals surface area contributed by atoms with Crippen molar-refractivity contribution in [3.05, 3.63) is 12.2 Å². The van der Waals surface area contributed by atoms with Crippen LogP contribution in [-0.4, -0.2) is 12.1 Å². The van der Waals surface area contributed by atoms with Gasteiger partial charge in [0.1, 0.15) is 6.10 Å². The Labute approximate surface area is 89.4 Å². The minimum Gasteiger partial charge on any atom is -0.292 e. The number of fused-ring (bicyclic) bond motifs is 2. The van der Waals surface area contributed by atoms with Gasteiger partial charge in [0.2, 0.25) is 0 Å². The maximum Gasteiger partial charge on any atom is 0.371 e. The van der Waals surface area contributed by atoms with Crippen LogP contribution in [0.5, 0.6) is 0 Å². The fourth-order valence-corrected chi connectivity index (χ4v) is 3.49. The van der Waals surface area contributed by atoms with Crippen molar-refractivity contribution in [1.29, 1.82) is 0 Å². The Morgan fingerprint density at radius 2 is 2.13 bits per heavy atom. The Morgan fingerprint density at radius 1 is 1.40 bits per heavy atom. The summed E-state index contributed by atoms with van der Waals surface area (Å²) in [6, 6.07) is 0. The standard InChI is InChI=1S/C12H16O3/c1-8-10(14-15-11(8)13)7-12-4-2-9(6-12)3-5-12/h9-10H,1-7H2. The number of hydrogen-bond donors (Lipinski definition) is 0. The van der Waals surface area contributed by atoms with Crippen molar-refractivity contribution in [3.8, 4) is 0 Å². The molecule has 0 radical (unpaired) electrons. The van der Waals surface area contributed by atoms with Crippen molar-refractivity contribution >= 4 is 5.97 Å². The first kappa shape index (κ1) is 9.40. The van der Waals surface area contributed by atoms with Crippen molar-refractivity contribution in [3.63, 3.8) is 0 Å². The Morgan fingerprint density at radius 3 is 2.60 bits per heavy atom. The van der Waals surface area contributed by atoms with Crippen LogP contribution in [0.25, 0.3) is 0 Å². The summed E-state index contributed by atoms with van der Waals surface area (Å²) in [6.07, 6.45) is 7.34. The normalized spacial score (nSPS) is 43.7. The summed E-state index contributed by atoms with van der Waals surface area (Å²) in [5.41, 5.74) is 0.923. The van der Waals surface area contributed by atoms with E-state index in [0.29, 0.717) is 11.0 Å². The first-order valence-corrected chi connectivity index (χ1v) is 5.75. The Balaban J connectivity index is 1.70.